The van der Waals surface area contributed by atoms with Crippen LogP contribution in [0.25, 0.3) is 11.1 Å². The molecule has 4 rings (SSSR count). The van der Waals surface area contributed by atoms with Crippen molar-refractivity contribution in [3.05, 3.63) is 78.0 Å². The summed E-state index contributed by atoms with van der Waals surface area (Å²) in [5.41, 5.74) is 0.676. The molecule has 0 saturated heterocycles. The lowest BCUT2D eigenvalue weighted by molar-refractivity contribution is -0.118. The Morgan fingerprint density at radius 1 is 0.812 bits per heavy atom. The molecule has 0 aromatic heterocycles. The molecule has 0 fully saturated rings. The van der Waals surface area contributed by atoms with E-state index in [-0.39, 0.29) is 44.0 Å². The number of nitrogens with one attached hydrogen (secondary N) is 2. The molecule has 2 aromatic rings. The lowest BCUT2D eigenvalue weighted by Crippen LogP contribution is -2.48. The average Bonchev–Trinajstić information content (AvgIpc) is 2.89. The Morgan fingerprint density at radius 2 is 1.21 bits per heavy atom. The summed E-state index contributed by atoms with van der Waals surface area (Å²) in [6, 6.07) is 10.4. The van der Waals surface area contributed by atoms with Gasteiger partial charge in [0.2, 0.25) is 0 Å². The van der Waals surface area contributed by atoms with Crippen LogP contribution in [-0.2, 0) is 14.3 Å². The number of hydrogen-bond acceptors (Lipinski definition) is 6. The van der Waals surface area contributed by atoms with Crippen LogP contribution in [0.3, 0.4) is 0 Å². The number of aliphatic hydroxyl groups excluding tert-OH is 1. The summed E-state index contributed by atoms with van der Waals surface area (Å²) in [5.74, 6) is -0.213. The average molecular weight is 880 g/mol. The second-order valence-electron chi connectivity index (χ2n) is 12.3. The second kappa shape index (κ2) is 18.0. The molecule has 0 aliphatic carbocycles. The van der Waals surface area contributed by atoms with Crippen molar-refractivity contribution in [1.29, 1.82) is 0 Å². The highest BCUT2D eigenvalue weighted by Crippen LogP contribution is 2.36. The molecule has 2 aromatic carbocycles. The third-order valence-corrected chi connectivity index (χ3v) is 8.42. The first-order valence-electron chi connectivity index (χ1n) is 14.0. The number of carbonyl (C=O) groups is 4. The van der Waals surface area contributed by atoms with Gasteiger partial charge in [0.15, 0.2) is 0 Å². The van der Waals surface area contributed by atoms with Crippen LogP contribution >= 0.6 is 79.1 Å². The molecule has 2 aliphatic rings. The van der Waals surface area contributed by atoms with Crippen molar-refractivity contribution in [3.63, 3.8) is 0 Å². The van der Waals surface area contributed by atoms with E-state index in [1.54, 1.807) is 64.6 Å². The lowest BCUT2D eigenvalue weighted by Gasteiger charge is -2.33. The highest BCUT2D eigenvalue weighted by atomic mass is 79.9. The Labute approximate surface area is 321 Å². The van der Waals surface area contributed by atoms with Crippen molar-refractivity contribution in [1.82, 2.24) is 20.4 Å². The molecule has 0 unspecified atom stereocenters. The van der Waals surface area contributed by atoms with Gasteiger partial charge in [0.25, 0.3) is 11.8 Å². The zero-order valence-electron chi connectivity index (χ0n) is 27.6. The van der Waals surface area contributed by atoms with E-state index in [9.17, 15) is 24.3 Å². The SMILES string of the molecule is CC1(C)CC(O)=C(c2ccc(Br)cc2Cl)C(=O)N1.CN(C)C(=O)Cl.CN(C)C(=O)OC1=C(c2ccc(Br)cc2Cl)C(=O)NC(C)(C)C1.Cl.[HH].[HH]. The summed E-state index contributed by atoms with van der Waals surface area (Å²) in [6.45, 7) is 7.46. The molecule has 0 atom stereocenters. The van der Waals surface area contributed by atoms with Crippen molar-refractivity contribution >= 4 is 113 Å². The summed E-state index contributed by atoms with van der Waals surface area (Å²) in [4.78, 5) is 49.0. The fourth-order valence-electron chi connectivity index (χ4n) is 4.30. The predicted octanol–water partition coefficient (Wildman–Crippen LogP) is 9.30. The van der Waals surface area contributed by atoms with Crippen LogP contribution in [0.15, 0.2) is 56.9 Å². The minimum atomic E-state index is -0.531. The van der Waals surface area contributed by atoms with E-state index in [1.165, 1.54) is 9.80 Å². The first kappa shape index (κ1) is 43.5. The van der Waals surface area contributed by atoms with Crippen molar-refractivity contribution in [3.8, 4) is 0 Å². The molecule has 268 valence electrons. The minimum absolute atomic E-state index is 0. The van der Waals surface area contributed by atoms with Gasteiger partial charge in [-0.2, -0.15) is 0 Å². The molecular weight excluding hydrogens is 838 g/mol. The first-order chi connectivity index (χ1) is 21.5. The zero-order valence-corrected chi connectivity index (χ0v) is 33.8. The zero-order chi connectivity index (χ0) is 36.0. The topological polar surface area (TPSA) is 128 Å². The Bertz CT molecular complexity index is 1640. The molecule has 3 N–H and O–H groups in total. The predicted molar refractivity (Wildman–Crippen MR) is 205 cm³/mol. The quantitative estimate of drug-likeness (QED) is 0.208. The number of hydrogen-bond donors (Lipinski definition) is 3. The molecule has 16 heteroatoms. The van der Waals surface area contributed by atoms with E-state index in [1.807, 2.05) is 27.7 Å². The maximum Gasteiger partial charge on any atom is 0.414 e. The van der Waals surface area contributed by atoms with E-state index < -0.39 is 22.5 Å². The van der Waals surface area contributed by atoms with Crippen LogP contribution < -0.4 is 10.6 Å². The number of aliphatic hydroxyl groups is 1. The number of carbonyl (C=O) groups excluding carboxylic acids is 4. The van der Waals surface area contributed by atoms with Crippen molar-refractivity contribution in [2.24, 2.45) is 0 Å². The summed E-state index contributed by atoms with van der Waals surface area (Å²) in [5, 5.41) is 16.2. The van der Waals surface area contributed by atoms with E-state index in [4.69, 9.17) is 39.5 Å². The second-order valence-corrected chi connectivity index (χ2v) is 15.3. The Kier molecular flexibility index (Phi) is 16.3. The van der Waals surface area contributed by atoms with Gasteiger partial charge in [0.05, 0.1) is 11.1 Å². The van der Waals surface area contributed by atoms with Crippen LogP contribution in [0.1, 0.15) is 54.5 Å². The molecule has 2 aliphatic heterocycles. The summed E-state index contributed by atoms with van der Waals surface area (Å²) >= 11 is 23.9. The van der Waals surface area contributed by atoms with Gasteiger partial charge in [0, 0.05) is 85.1 Å². The molecule has 0 saturated carbocycles. The number of amides is 4. The Hall–Kier alpha value is -2.48. The fourth-order valence-corrected chi connectivity index (χ4v) is 5.84. The fraction of sp³-hybridized carbons (Fsp3) is 0.375. The number of benzene rings is 2. The van der Waals surface area contributed by atoms with E-state index in [0.29, 0.717) is 39.8 Å². The third kappa shape index (κ3) is 12.4. The van der Waals surface area contributed by atoms with Crippen molar-refractivity contribution in [2.75, 3.05) is 28.2 Å². The van der Waals surface area contributed by atoms with Crippen LogP contribution in [0.2, 0.25) is 10.0 Å². The van der Waals surface area contributed by atoms with Crippen molar-refractivity contribution in [2.45, 2.75) is 51.6 Å². The number of nitrogens with zero attached hydrogens (tertiary/aromatic N) is 2. The number of halogens is 6. The molecule has 0 bridgehead atoms. The number of rotatable bonds is 3. The summed E-state index contributed by atoms with van der Waals surface area (Å²) in [6.07, 6.45) is 0.247. The largest absolute Gasteiger partial charge is 0.511 e. The first-order valence-corrected chi connectivity index (χ1v) is 16.7. The standard InChI is InChI=1S/C16H18BrClN2O3.C13H13BrClNO2.C3H6ClNO.ClH.2H2/c1-16(2)8-12(23-15(22)20(3)4)13(14(21)19-16)10-6-5-9(17)7-11(10)18;1-13(2)6-10(17)11(12(18)16-13)8-4-3-7(14)5-9(8)15;1-5(2)3(4)6;;;/h5-7H,8H2,1-4H3,(H,19,21);3-5,17H,6H2,1-2H3,(H,16,18);1-2H3;3*1H. The Balaban J connectivity index is 0. The molecule has 0 spiro atoms. The molecule has 10 nitrogen and oxygen atoms in total. The van der Waals surface area contributed by atoms with Gasteiger partial charge in [-0.05, 0) is 63.6 Å². The van der Waals surface area contributed by atoms with Gasteiger partial charge in [-0.25, -0.2) is 4.79 Å². The van der Waals surface area contributed by atoms with Gasteiger partial charge < -0.3 is 30.3 Å². The molecular formula is C32H42Br2Cl4N4O6. The van der Waals surface area contributed by atoms with Crippen molar-refractivity contribution < 1.29 is 31.9 Å². The molecule has 48 heavy (non-hydrogen) atoms. The molecule has 4 amide bonds. The normalized spacial score (nSPS) is 16.1. The maximum absolute atomic E-state index is 12.6. The molecule has 2 heterocycles. The van der Waals surface area contributed by atoms with Gasteiger partial charge in [-0.3, -0.25) is 14.4 Å². The van der Waals surface area contributed by atoms with Gasteiger partial charge in [-0.15, -0.1) is 12.4 Å². The monoisotopic (exact) mass is 876 g/mol. The number of ether oxygens (including phenoxy) is 1. The summed E-state index contributed by atoms with van der Waals surface area (Å²) in [7, 11) is 6.36. The van der Waals surface area contributed by atoms with E-state index in [0.717, 1.165) is 8.95 Å². The summed E-state index contributed by atoms with van der Waals surface area (Å²) < 4.78 is 7.07. The lowest BCUT2D eigenvalue weighted by atomic mass is 9.89. The minimum Gasteiger partial charge on any atom is -0.511 e. The Morgan fingerprint density at radius 3 is 1.58 bits per heavy atom. The highest BCUT2D eigenvalue weighted by molar-refractivity contribution is 9.10. The van der Waals surface area contributed by atoms with E-state index in [2.05, 4.69) is 42.5 Å². The molecule has 0 radical (unpaired) electrons. The van der Waals surface area contributed by atoms with Crippen LogP contribution in [0.4, 0.5) is 9.59 Å². The van der Waals surface area contributed by atoms with Crippen LogP contribution in [0, 0.1) is 0 Å². The van der Waals surface area contributed by atoms with Crippen LogP contribution in [0.5, 0.6) is 0 Å². The van der Waals surface area contributed by atoms with Gasteiger partial charge in [-0.1, -0.05) is 67.2 Å². The maximum atomic E-state index is 12.6. The van der Waals surface area contributed by atoms with Gasteiger partial charge in [0.1, 0.15) is 11.5 Å². The third-order valence-electron chi connectivity index (χ3n) is 6.47. The smallest absolute Gasteiger partial charge is 0.414 e. The van der Waals surface area contributed by atoms with E-state index >= 15 is 0 Å². The van der Waals surface area contributed by atoms with Gasteiger partial charge >= 0.3 is 11.5 Å². The highest BCUT2D eigenvalue weighted by Gasteiger charge is 2.36. The van der Waals surface area contributed by atoms with Crippen LogP contribution in [-0.4, -0.2) is 77.4 Å².